The maximum Gasteiger partial charge on any atom is 0.0584 e. The van der Waals surface area contributed by atoms with Crippen LogP contribution >= 0.6 is 0 Å². The standard InChI is InChI=1S/C20H34O/c1-13-11-18(5)9-10-19-8-6-7-17(3,4)16(19)15(21)12-20(18,19)14(13)2/h13-16,21H,6-12H2,1-5H3/t13-,14-,15-,16-,18-,19-,20+/m1/s1. The van der Waals surface area contributed by atoms with Crippen LogP contribution in [0, 0.1) is 39.4 Å². The fourth-order valence-corrected chi connectivity index (χ4v) is 8.88. The average molecular weight is 290 g/mol. The third kappa shape index (κ3) is 1.35. The van der Waals surface area contributed by atoms with Gasteiger partial charge in [0.15, 0.2) is 0 Å². The Morgan fingerprint density at radius 1 is 0.905 bits per heavy atom. The first-order chi connectivity index (χ1) is 9.70. The van der Waals surface area contributed by atoms with Gasteiger partial charge < -0.3 is 5.11 Å². The van der Waals surface area contributed by atoms with Crippen molar-refractivity contribution in [2.75, 3.05) is 0 Å². The van der Waals surface area contributed by atoms with Gasteiger partial charge in [-0.25, -0.2) is 0 Å². The van der Waals surface area contributed by atoms with Crippen LogP contribution in [0.1, 0.15) is 79.6 Å². The average Bonchev–Trinajstić information content (AvgIpc) is 2.84. The molecule has 0 heterocycles. The Morgan fingerprint density at radius 3 is 2.33 bits per heavy atom. The van der Waals surface area contributed by atoms with Crippen LogP contribution in [0.25, 0.3) is 0 Å². The zero-order chi connectivity index (χ0) is 15.3. The Morgan fingerprint density at radius 2 is 1.62 bits per heavy atom. The molecule has 2 spiro atoms. The van der Waals surface area contributed by atoms with E-state index in [4.69, 9.17) is 0 Å². The molecule has 1 nitrogen and oxygen atoms in total. The van der Waals surface area contributed by atoms with Crippen molar-refractivity contribution in [2.45, 2.75) is 85.7 Å². The molecule has 21 heavy (non-hydrogen) atoms. The van der Waals surface area contributed by atoms with Gasteiger partial charge in [0.25, 0.3) is 0 Å². The Balaban J connectivity index is 1.91. The van der Waals surface area contributed by atoms with E-state index < -0.39 is 0 Å². The van der Waals surface area contributed by atoms with Gasteiger partial charge in [0, 0.05) is 0 Å². The molecule has 7 atom stereocenters. The zero-order valence-corrected chi connectivity index (χ0v) is 14.7. The lowest BCUT2D eigenvalue weighted by Gasteiger charge is -2.56. The molecule has 0 unspecified atom stereocenters. The molecule has 4 rings (SSSR count). The van der Waals surface area contributed by atoms with E-state index in [9.17, 15) is 5.11 Å². The van der Waals surface area contributed by atoms with Crippen LogP contribution in [0.4, 0.5) is 0 Å². The van der Waals surface area contributed by atoms with Crippen molar-refractivity contribution in [3.63, 3.8) is 0 Å². The highest BCUT2D eigenvalue weighted by atomic mass is 16.3. The number of hydrogen-bond acceptors (Lipinski definition) is 1. The fraction of sp³-hybridized carbons (Fsp3) is 1.00. The van der Waals surface area contributed by atoms with Crippen molar-refractivity contribution in [2.24, 2.45) is 39.4 Å². The second-order valence-corrected chi connectivity index (χ2v) is 10.2. The third-order valence-electron chi connectivity index (χ3n) is 9.29. The van der Waals surface area contributed by atoms with Gasteiger partial charge in [0.1, 0.15) is 0 Å². The molecule has 0 amide bonds. The maximum atomic E-state index is 11.1. The molecular weight excluding hydrogens is 256 g/mol. The van der Waals surface area contributed by atoms with E-state index in [2.05, 4.69) is 34.6 Å². The minimum atomic E-state index is -0.0484. The summed E-state index contributed by atoms with van der Waals surface area (Å²) in [6.07, 6.45) is 9.35. The largest absolute Gasteiger partial charge is 0.393 e. The van der Waals surface area contributed by atoms with E-state index in [0.717, 1.165) is 18.3 Å². The lowest BCUT2D eigenvalue weighted by molar-refractivity contribution is -0.0955. The molecular formula is C20H34O. The molecule has 0 aromatic heterocycles. The number of rotatable bonds is 0. The van der Waals surface area contributed by atoms with E-state index in [0.29, 0.717) is 27.6 Å². The third-order valence-corrected chi connectivity index (χ3v) is 9.29. The van der Waals surface area contributed by atoms with Gasteiger partial charge in [-0.15, -0.1) is 0 Å². The molecule has 4 aliphatic rings. The second-order valence-electron chi connectivity index (χ2n) is 10.2. The summed E-state index contributed by atoms with van der Waals surface area (Å²) in [5.41, 5.74) is 1.71. The summed E-state index contributed by atoms with van der Waals surface area (Å²) in [4.78, 5) is 0. The van der Waals surface area contributed by atoms with E-state index in [1.165, 1.54) is 38.5 Å². The monoisotopic (exact) mass is 290 g/mol. The highest BCUT2D eigenvalue weighted by molar-refractivity contribution is 5.27. The predicted molar refractivity (Wildman–Crippen MR) is 86.9 cm³/mol. The van der Waals surface area contributed by atoms with Crippen LogP contribution in [0.3, 0.4) is 0 Å². The molecule has 0 saturated heterocycles. The Kier molecular flexibility index (Phi) is 2.69. The molecule has 1 N–H and O–H groups in total. The van der Waals surface area contributed by atoms with Gasteiger partial charge in [0.2, 0.25) is 0 Å². The fourth-order valence-electron chi connectivity index (χ4n) is 8.88. The van der Waals surface area contributed by atoms with E-state index in [1.54, 1.807) is 0 Å². The van der Waals surface area contributed by atoms with Gasteiger partial charge in [-0.3, -0.25) is 0 Å². The SMILES string of the molecule is C[C@@H]1C[C@@]2(C)CC[C@]34CCCC(C)(C)[C@H]3[C@H](O)C[C@]24[C@@H]1C. The summed E-state index contributed by atoms with van der Waals surface area (Å²) in [6, 6.07) is 0. The number of aliphatic hydroxyl groups excluding tert-OH is 1. The van der Waals surface area contributed by atoms with Crippen LogP contribution in [-0.4, -0.2) is 11.2 Å². The molecule has 0 radical (unpaired) electrons. The van der Waals surface area contributed by atoms with Crippen molar-refractivity contribution in [3.8, 4) is 0 Å². The van der Waals surface area contributed by atoms with Crippen molar-refractivity contribution in [1.29, 1.82) is 0 Å². The van der Waals surface area contributed by atoms with Crippen molar-refractivity contribution >= 4 is 0 Å². The number of aliphatic hydroxyl groups is 1. The first-order valence-corrected chi connectivity index (χ1v) is 9.38. The van der Waals surface area contributed by atoms with Crippen LogP contribution in [0.15, 0.2) is 0 Å². The molecule has 0 aliphatic heterocycles. The summed E-state index contributed by atoms with van der Waals surface area (Å²) in [5, 5.41) is 11.1. The topological polar surface area (TPSA) is 20.2 Å². The summed E-state index contributed by atoms with van der Waals surface area (Å²) in [6.45, 7) is 12.5. The highest BCUT2D eigenvalue weighted by Gasteiger charge is 2.78. The zero-order valence-electron chi connectivity index (χ0n) is 14.7. The van der Waals surface area contributed by atoms with E-state index >= 15 is 0 Å². The number of hydrogen-bond donors (Lipinski definition) is 1. The Labute approximate surface area is 130 Å². The lowest BCUT2D eigenvalue weighted by Crippen LogP contribution is -2.51. The highest BCUT2D eigenvalue weighted by Crippen LogP contribution is 2.84. The summed E-state index contributed by atoms with van der Waals surface area (Å²) in [7, 11) is 0. The van der Waals surface area contributed by atoms with Crippen molar-refractivity contribution < 1.29 is 5.11 Å². The first kappa shape index (κ1) is 14.5. The molecule has 120 valence electrons. The molecule has 4 saturated carbocycles. The van der Waals surface area contributed by atoms with Gasteiger partial charge in [-0.1, -0.05) is 41.0 Å². The van der Waals surface area contributed by atoms with Gasteiger partial charge in [-0.05, 0) is 77.9 Å². The van der Waals surface area contributed by atoms with Gasteiger partial charge in [-0.2, -0.15) is 0 Å². The smallest absolute Gasteiger partial charge is 0.0584 e. The van der Waals surface area contributed by atoms with Crippen LogP contribution in [0.5, 0.6) is 0 Å². The molecule has 0 aromatic rings. The molecule has 0 aromatic carbocycles. The van der Waals surface area contributed by atoms with Crippen LogP contribution < -0.4 is 0 Å². The van der Waals surface area contributed by atoms with E-state index in [1.807, 2.05) is 0 Å². The summed E-state index contributed by atoms with van der Waals surface area (Å²) < 4.78 is 0. The van der Waals surface area contributed by atoms with Crippen LogP contribution in [0.2, 0.25) is 0 Å². The Hall–Kier alpha value is -0.0400. The normalized spacial score (nSPS) is 61.4. The lowest BCUT2D eigenvalue weighted by atomic mass is 9.48. The van der Waals surface area contributed by atoms with Gasteiger partial charge >= 0.3 is 0 Å². The van der Waals surface area contributed by atoms with Crippen molar-refractivity contribution in [3.05, 3.63) is 0 Å². The quantitative estimate of drug-likeness (QED) is 0.663. The molecule has 4 fully saturated rings. The van der Waals surface area contributed by atoms with Crippen LogP contribution in [-0.2, 0) is 0 Å². The molecule has 4 aliphatic carbocycles. The molecule has 0 bridgehead atoms. The first-order valence-electron chi connectivity index (χ1n) is 9.38. The molecule has 1 heteroatoms. The van der Waals surface area contributed by atoms with Gasteiger partial charge in [0.05, 0.1) is 6.10 Å². The predicted octanol–water partition coefficient (Wildman–Crippen LogP) is 5.03. The summed E-state index contributed by atoms with van der Waals surface area (Å²) in [5.74, 6) is 2.18. The minimum Gasteiger partial charge on any atom is -0.393 e. The summed E-state index contributed by atoms with van der Waals surface area (Å²) >= 11 is 0. The maximum absolute atomic E-state index is 11.1. The van der Waals surface area contributed by atoms with Crippen molar-refractivity contribution in [1.82, 2.24) is 0 Å². The Bertz CT molecular complexity index is 468. The second kappa shape index (κ2) is 3.89. The van der Waals surface area contributed by atoms with E-state index in [-0.39, 0.29) is 6.10 Å². The minimum absolute atomic E-state index is 0.0484.